The lowest BCUT2D eigenvalue weighted by Crippen LogP contribution is -2.21. The number of rotatable bonds is 6. The number of ketones is 1. The molecule has 1 aromatic carbocycles. The minimum absolute atomic E-state index is 0.0419. The van der Waals surface area contributed by atoms with Crippen LogP contribution >= 0.6 is 23.1 Å². The van der Waals surface area contributed by atoms with Gasteiger partial charge in [-0.3, -0.25) is 4.79 Å². The molecule has 0 saturated heterocycles. The van der Waals surface area contributed by atoms with E-state index in [2.05, 4.69) is 15.5 Å². The van der Waals surface area contributed by atoms with Gasteiger partial charge in [-0.1, -0.05) is 41.7 Å². The summed E-state index contributed by atoms with van der Waals surface area (Å²) in [7, 11) is 0. The summed E-state index contributed by atoms with van der Waals surface area (Å²) in [5.41, 5.74) is 0.871. The monoisotopic (exact) mass is 349 g/mol. The normalized spacial score (nSPS) is 18.0. The number of carbonyl (C=O) groups excluding carboxylic acids is 1. The predicted octanol–water partition coefficient (Wildman–Crippen LogP) is 4.28. The fourth-order valence-electron chi connectivity index (χ4n) is 2.47. The van der Waals surface area contributed by atoms with Crippen LogP contribution in [0.25, 0.3) is 0 Å². The van der Waals surface area contributed by atoms with Crippen LogP contribution < -0.4 is 10.1 Å². The van der Waals surface area contributed by atoms with Crippen molar-refractivity contribution >= 4 is 39.7 Å². The second-order valence-electron chi connectivity index (χ2n) is 5.25. The Morgan fingerprint density at radius 3 is 3.04 bits per heavy atom. The van der Waals surface area contributed by atoms with E-state index in [9.17, 15) is 4.79 Å². The van der Waals surface area contributed by atoms with E-state index in [1.54, 1.807) is 11.8 Å². The first-order valence-electron chi connectivity index (χ1n) is 7.78. The number of ether oxygens (including phenoxy) is 1. The smallest absolute Gasteiger partial charge is 0.210 e. The SMILES string of the molecule is CCOc1ccccc1Nc1nnc(SC2CCCCC2=O)s1. The van der Waals surface area contributed by atoms with E-state index in [1.165, 1.54) is 11.3 Å². The molecule has 1 unspecified atom stereocenters. The summed E-state index contributed by atoms with van der Waals surface area (Å²) in [6.45, 7) is 2.57. The fourth-order valence-corrected chi connectivity index (χ4v) is 4.60. The second-order valence-corrected chi connectivity index (χ2v) is 7.67. The number of hydrogen-bond donors (Lipinski definition) is 1. The van der Waals surface area contributed by atoms with Crippen LogP contribution in [-0.4, -0.2) is 27.8 Å². The highest BCUT2D eigenvalue weighted by atomic mass is 32.2. The molecule has 1 fully saturated rings. The molecule has 1 aromatic heterocycles. The van der Waals surface area contributed by atoms with Gasteiger partial charge >= 0.3 is 0 Å². The van der Waals surface area contributed by atoms with Gasteiger partial charge in [-0.25, -0.2) is 0 Å². The Hall–Kier alpha value is -1.60. The molecule has 1 aliphatic rings. The zero-order valence-corrected chi connectivity index (χ0v) is 14.6. The van der Waals surface area contributed by atoms with Crippen molar-refractivity contribution in [3.8, 4) is 5.75 Å². The lowest BCUT2D eigenvalue weighted by Gasteiger charge is -2.18. The van der Waals surface area contributed by atoms with Gasteiger partial charge in [-0.15, -0.1) is 10.2 Å². The van der Waals surface area contributed by atoms with Gasteiger partial charge in [0, 0.05) is 6.42 Å². The third-order valence-electron chi connectivity index (χ3n) is 3.58. The van der Waals surface area contributed by atoms with Gasteiger partial charge in [-0.05, 0) is 31.9 Å². The first-order valence-corrected chi connectivity index (χ1v) is 9.47. The molecule has 23 heavy (non-hydrogen) atoms. The maximum Gasteiger partial charge on any atom is 0.210 e. The van der Waals surface area contributed by atoms with E-state index in [0.29, 0.717) is 23.9 Å². The average Bonchev–Trinajstić information content (AvgIpc) is 2.99. The topological polar surface area (TPSA) is 64.1 Å². The van der Waals surface area contributed by atoms with Crippen molar-refractivity contribution in [1.29, 1.82) is 0 Å². The van der Waals surface area contributed by atoms with Crippen molar-refractivity contribution < 1.29 is 9.53 Å². The Morgan fingerprint density at radius 1 is 1.35 bits per heavy atom. The largest absolute Gasteiger partial charge is 0.492 e. The quantitative estimate of drug-likeness (QED) is 0.839. The van der Waals surface area contributed by atoms with Crippen molar-refractivity contribution in [1.82, 2.24) is 10.2 Å². The fraction of sp³-hybridized carbons (Fsp3) is 0.438. The van der Waals surface area contributed by atoms with E-state index in [-0.39, 0.29) is 5.25 Å². The molecule has 1 aliphatic carbocycles. The van der Waals surface area contributed by atoms with Crippen molar-refractivity contribution in [2.45, 2.75) is 42.2 Å². The average molecular weight is 349 g/mol. The molecule has 1 N–H and O–H groups in total. The van der Waals surface area contributed by atoms with Crippen LogP contribution in [0.1, 0.15) is 32.6 Å². The van der Waals surface area contributed by atoms with Crippen LogP contribution in [-0.2, 0) is 4.79 Å². The van der Waals surface area contributed by atoms with Crippen molar-refractivity contribution in [3.05, 3.63) is 24.3 Å². The first-order chi connectivity index (χ1) is 11.3. The Kier molecular flexibility index (Phi) is 5.51. The minimum Gasteiger partial charge on any atom is -0.492 e. The van der Waals surface area contributed by atoms with Crippen LogP contribution in [0.15, 0.2) is 28.6 Å². The summed E-state index contributed by atoms with van der Waals surface area (Å²) in [4.78, 5) is 11.9. The molecule has 5 nitrogen and oxygen atoms in total. The second kappa shape index (κ2) is 7.79. The minimum atomic E-state index is 0.0419. The van der Waals surface area contributed by atoms with E-state index in [4.69, 9.17) is 4.74 Å². The number of nitrogens with zero attached hydrogens (tertiary/aromatic N) is 2. The lowest BCUT2D eigenvalue weighted by molar-refractivity contribution is -0.119. The number of carbonyl (C=O) groups is 1. The maximum atomic E-state index is 11.9. The van der Waals surface area contributed by atoms with E-state index in [1.807, 2.05) is 31.2 Å². The Labute approximate surface area is 143 Å². The van der Waals surface area contributed by atoms with Gasteiger partial charge in [0.05, 0.1) is 17.5 Å². The highest BCUT2D eigenvalue weighted by Crippen LogP contribution is 2.36. The number of anilines is 2. The molecule has 1 atom stereocenters. The summed E-state index contributed by atoms with van der Waals surface area (Å²) >= 11 is 3.01. The maximum absolute atomic E-state index is 11.9. The Bertz CT molecular complexity index is 675. The number of aromatic nitrogens is 2. The van der Waals surface area contributed by atoms with Crippen molar-refractivity contribution in [3.63, 3.8) is 0 Å². The predicted molar refractivity (Wildman–Crippen MR) is 93.9 cm³/mol. The number of para-hydroxylation sites is 2. The Morgan fingerprint density at radius 2 is 2.22 bits per heavy atom. The van der Waals surface area contributed by atoms with Gasteiger partial charge in [-0.2, -0.15) is 0 Å². The van der Waals surface area contributed by atoms with Crippen molar-refractivity contribution in [2.75, 3.05) is 11.9 Å². The molecule has 1 saturated carbocycles. The Balaban J connectivity index is 1.66. The van der Waals surface area contributed by atoms with Crippen LogP contribution in [0, 0.1) is 0 Å². The molecule has 0 bridgehead atoms. The summed E-state index contributed by atoms with van der Waals surface area (Å²) in [6.07, 6.45) is 3.78. The van der Waals surface area contributed by atoms with E-state index in [0.717, 1.165) is 35.0 Å². The van der Waals surface area contributed by atoms with Crippen LogP contribution in [0.4, 0.5) is 10.8 Å². The molecule has 7 heteroatoms. The van der Waals surface area contributed by atoms with Crippen LogP contribution in [0.2, 0.25) is 0 Å². The molecule has 122 valence electrons. The van der Waals surface area contributed by atoms with E-state index >= 15 is 0 Å². The van der Waals surface area contributed by atoms with Gasteiger partial charge in [0.2, 0.25) is 5.13 Å². The summed E-state index contributed by atoms with van der Waals surface area (Å²) in [6, 6.07) is 7.75. The molecule has 0 aliphatic heterocycles. The summed E-state index contributed by atoms with van der Waals surface area (Å²) in [5.74, 6) is 1.13. The standard InChI is InChI=1S/C16H19N3O2S2/c1-2-21-13-9-5-3-7-11(13)17-15-18-19-16(23-15)22-14-10-6-4-8-12(14)20/h3,5,7,9,14H,2,4,6,8,10H2,1H3,(H,17,18). The number of Topliss-reactive ketones (excluding diaryl/α,β-unsaturated/α-hetero) is 1. The zero-order chi connectivity index (χ0) is 16.1. The van der Waals surface area contributed by atoms with Crippen LogP contribution in [0.5, 0.6) is 5.75 Å². The highest BCUT2D eigenvalue weighted by molar-refractivity contribution is 8.02. The summed E-state index contributed by atoms with van der Waals surface area (Å²) in [5, 5.41) is 12.4. The van der Waals surface area contributed by atoms with Gasteiger partial charge in [0.25, 0.3) is 0 Å². The molecular weight excluding hydrogens is 330 g/mol. The number of thioether (sulfide) groups is 1. The van der Waals surface area contributed by atoms with Gasteiger partial charge < -0.3 is 10.1 Å². The third-order valence-corrected chi connectivity index (χ3v) is 5.82. The van der Waals surface area contributed by atoms with Gasteiger partial charge in [0.15, 0.2) is 4.34 Å². The molecule has 1 heterocycles. The molecule has 2 aromatic rings. The summed E-state index contributed by atoms with van der Waals surface area (Å²) < 4.78 is 6.43. The van der Waals surface area contributed by atoms with E-state index < -0.39 is 0 Å². The molecular formula is C16H19N3O2S2. The number of nitrogens with one attached hydrogen (secondary N) is 1. The molecule has 0 amide bonds. The number of benzene rings is 1. The molecule has 3 rings (SSSR count). The molecule has 0 radical (unpaired) electrons. The van der Waals surface area contributed by atoms with Crippen molar-refractivity contribution in [2.24, 2.45) is 0 Å². The lowest BCUT2D eigenvalue weighted by atomic mass is 9.99. The first kappa shape index (κ1) is 16.3. The third kappa shape index (κ3) is 4.23. The van der Waals surface area contributed by atoms with Crippen LogP contribution in [0.3, 0.4) is 0 Å². The zero-order valence-electron chi connectivity index (χ0n) is 12.9. The number of hydrogen-bond acceptors (Lipinski definition) is 7. The molecule has 0 spiro atoms. The van der Waals surface area contributed by atoms with Gasteiger partial charge in [0.1, 0.15) is 11.5 Å². The highest BCUT2D eigenvalue weighted by Gasteiger charge is 2.24.